The van der Waals surface area contributed by atoms with Gasteiger partial charge >= 0.3 is 0 Å². The summed E-state index contributed by atoms with van der Waals surface area (Å²) in [7, 11) is 0. The van der Waals surface area contributed by atoms with Gasteiger partial charge in [-0.25, -0.2) is 4.98 Å². The molecule has 1 aliphatic heterocycles. The normalized spacial score (nSPS) is 15.7. The molecule has 3 heterocycles. The Labute approximate surface area is 152 Å². The zero-order valence-corrected chi connectivity index (χ0v) is 15.4. The SMILES string of the molecule is CC1(C)NC(=O)c2ccc(-c3cn(I)c4c(Cl)cccc34)nc21. The first kappa shape index (κ1) is 15.0. The van der Waals surface area contributed by atoms with Crippen LogP contribution in [0.3, 0.4) is 0 Å². The Morgan fingerprint density at radius 3 is 2.78 bits per heavy atom. The number of halogens is 2. The molecule has 1 amide bonds. The van der Waals surface area contributed by atoms with Gasteiger partial charge in [0.05, 0.1) is 55.9 Å². The van der Waals surface area contributed by atoms with E-state index in [1.807, 2.05) is 53.2 Å². The van der Waals surface area contributed by atoms with Crippen molar-refractivity contribution in [3.05, 3.63) is 52.8 Å². The van der Waals surface area contributed by atoms with Crippen LogP contribution < -0.4 is 5.32 Å². The van der Waals surface area contributed by atoms with Gasteiger partial charge in [0.1, 0.15) is 0 Å². The highest BCUT2D eigenvalue weighted by Crippen LogP contribution is 2.37. The van der Waals surface area contributed by atoms with Crippen LogP contribution >= 0.6 is 34.5 Å². The number of fused-ring (bicyclic) bond motifs is 2. The lowest BCUT2D eigenvalue weighted by Crippen LogP contribution is -2.33. The van der Waals surface area contributed by atoms with Gasteiger partial charge in [0.2, 0.25) is 0 Å². The zero-order chi connectivity index (χ0) is 16.4. The third-order valence-corrected chi connectivity index (χ3v) is 5.23. The van der Waals surface area contributed by atoms with E-state index < -0.39 is 5.54 Å². The Bertz CT molecular complexity index is 977. The van der Waals surface area contributed by atoms with E-state index in [2.05, 4.69) is 28.2 Å². The Morgan fingerprint density at radius 2 is 2.00 bits per heavy atom. The number of nitrogens with zero attached hydrogens (tertiary/aromatic N) is 2. The standard InChI is InChI=1S/C17H13ClIN3O/c1-17(2)15-10(16(23)21-17)6-7-13(20-15)11-8-22(19)14-9(11)4-3-5-12(14)18/h3-8H,1-2H3,(H,21,23). The molecule has 0 aliphatic carbocycles. The van der Waals surface area contributed by atoms with E-state index in [4.69, 9.17) is 16.6 Å². The van der Waals surface area contributed by atoms with Crippen LogP contribution in [0.15, 0.2) is 36.5 Å². The van der Waals surface area contributed by atoms with Gasteiger partial charge in [-0.1, -0.05) is 23.7 Å². The van der Waals surface area contributed by atoms with Crippen molar-refractivity contribution in [2.24, 2.45) is 0 Å². The number of amides is 1. The molecule has 0 bridgehead atoms. The van der Waals surface area contributed by atoms with E-state index >= 15 is 0 Å². The molecule has 0 fully saturated rings. The van der Waals surface area contributed by atoms with Gasteiger partial charge < -0.3 is 5.32 Å². The molecule has 1 aromatic carbocycles. The lowest BCUT2D eigenvalue weighted by molar-refractivity contribution is 0.0940. The maximum Gasteiger partial charge on any atom is 0.253 e. The first-order valence-electron chi connectivity index (χ1n) is 7.18. The molecule has 4 rings (SSSR count). The Kier molecular flexibility index (Phi) is 3.22. The number of pyridine rings is 1. The number of carbonyl (C=O) groups is 1. The van der Waals surface area contributed by atoms with Gasteiger partial charge in [-0.3, -0.25) is 7.58 Å². The monoisotopic (exact) mass is 437 g/mol. The van der Waals surface area contributed by atoms with Crippen LogP contribution in [0, 0.1) is 0 Å². The van der Waals surface area contributed by atoms with Crippen molar-refractivity contribution in [2.75, 3.05) is 0 Å². The summed E-state index contributed by atoms with van der Waals surface area (Å²) < 4.78 is 1.98. The van der Waals surface area contributed by atoms with Crippen molar-refractivity contribution < 1.29 is 4.79 Å². The smallest absolute Gasteiger partial charge is 0.253 e. The average molecular weight is 438 g/mol. The molecule has 0 saturated heterocycles. The lowest BCUT2D eigenvalue weighted by Gasteiger charge is -2.18. The van der Waals surface area contributed by atoms with Gasteiger partial charge in [0.15, 0.2) is 0 Å². The van der Waals surface area contributed by atoms with Gasteiger partial charge in [-0.2, -0.15) is 0 Å². The molecule has 1 aliphatic rings. The van der Waals surface area contributed by atoms with Crippen LogP contribution in [0.25, 0.3) is 22.2 Å². The highest BCUT2D eigenvalue weighted by Gasteiger charge is 2.36. The summed E-state index contributed by atoms with van der Waals surface area (Å²) in [4.78, 5) is 16.8. The predicted molar refractivity (Wildman–Crippen MR) is 100 cm³/mol. The summed E-state index contributed by atoms with van der Waals surface area (Å²) in [5.41, 5.74) is 3.81. The van der Waals surface area contributed by atoms with Gasteiger partial charge in [-0.05, 0) is 32.0 Å². The van der Waals surface area contributed by atoms with Crippen molar-refractivity contribution in [3.8, 4) is 11.3 Å². The molecule has 0 saturated carbocycles. The predicted octanol–water partition coefficient (Wildman–Crippen LogP) is 4.53. The maximum atomic E-state index is 12.0. The highest BCUT2D eigenvalue weighted by molar-refractivity contribution is 14.1. The molecule has 0 unspecified atom stereocenters. The molecular weight excluding hydrogens is 425 g/mol. The quantitative estimate of drug-likeness (QED) is 0.569. The zero-order valence-electron chi connectivity index (χ0n) is 12.5. The van der Waals surface area contributed by atoms with Crippen molar-refractivity contribution >= 4 is 51.3 Å². The number of para-hydroxylation sites is 1. The maximum absolute atomic E-state index is 12.0. The fourth-order valence-corrected chi connectivity index (χ4v) is 4.29. The van der Waals surface area contributed by atoms with Crippen LogP contribution in [0.5, 0.6) is 0 Å². The molecular formula is C17H13ClIN3O. The Morgan fingerprint density at radius 1 is 1.22 bits per heavy atom. The van der Waals surface area contributed by atoms with Crippen LogP contribution in [0.1, 0.15) is 29.9 Å². The van der Waals surface area contributed by atoms with E-state index in [1.54, 1.807) is 0 Å². The fraction of sp³-hybridized carbons (Fsp3) is 0.176. The number of hydrogen-bond donors (Lipinski definition) is 1. The minimum Gasteiger partial charge on any atom is -0.341 e. The van der Waals surface area contributed by atoms with E-state index in [1.165, 1.54) is 0 Å². The van der Waals surface area contributed by atoms with E-state index in [-0.39, 0.29) is 5.91 Å². The van der Waals surface area contributed by atoms with E-state index in [0.29, 0.717) is 10.6 Å². The van der Waals surface area contributed by atoms with Crippen LogP contribution in [0.2, 0.25) is 5.02 Å². The van der Waals surface area contributed by atoms with Gasteiger partial charge in [-0.15, -0.1) is 0 Å². The first-order chi connectivity index (χ1) is 10.9. The second kappa shape index (κ2) is 4.95. The van der Waals surface area contributed by atoms with Crippen molar-refractivity contribution in [1.29, 1.82) is 0 Å². The summed E-state index contributed by atoms with van der Waals surface area (Å²) in [5, 5.41) is 4.72. The van der Waals surface area contributed by atoms with Crippen LogP contribution in [-0.2, 0) is 5.54 Å². The summed E-state index contributed by atoms with van der Waals surface area (Å²) in [6.07, 6.45) is 2.02. The largest absolute Gasteiger partial charge is 0.341 e. The summed E-state index contributed by atoms with van der Waals surface area (Å²) in [5.74, 6) is -0.0663. The Hall–Kier alpha value is -1.60. The first-order valence-corrected chi connectivity index (χ1v) is 8.53. The fourth-order valence-electron chi connectivity index (χ4n) is 3.08. The minimum atomic E-state index is -0.456. The number of rotatable bonds is 1. The summed E-state index contributed by atoms with van der Waals surface area (Å²) in [6, 6.07) is 9.60. The van der Waals surface area contributed by atoms with Crippen LogP contribution in [-0.4, -0.2) is 13.7 Å². The second-order valence-corrected chi connectivity index (χ2v) is 7.61. The number of carbonyl (C=O) groups excluding carboxylic acids is 1. The molecule has 4 nitrogen and oxygen atoms in total. The summed E-state index contributed by atoms with van der Waals surface area (Å²) in [6.45, 7) is 3.93. The van der Waals surface area contributed by atoms with Gasteiger partial charge in [0.25, 0.3) is 5.91 Å². The highest BCUT2D eigenvalue weighted by atomic mass is 127. The molecule has 0 radical (unpaired) electrons. The average Bonchev–Trinajstić information content (AvgIpc) is 2.95. The van der Waals surface area contributed by atoms with Gasteiger partial charge in [0, 0.05) is 17.1 Å². The molecule has 6 heteroatoms. The third-order valence-electron chi connectivity index (χ3n) is 4.17. The lowest BCUT2D eigenvalue weighted by atomic mass is 9.99. The second-order valence-electron chi connectivity index (χ2n) is 6.16. The molecule has 116 valence electrons. The van der Waals surface area contributed by atoms with Crippen molar-refractivity contribution in [2.45, 2.75) is 19.4 Å². The number of hydrogen-bond acceptors (Lipinski definition) is 2. The third kappa shape index (κ3) is 2.17. The molecule has 23 heavy (non-hydrogen) atoms. The molecule has 2 aromatic heterocycles. The van der Waals surface area contributed by atoms with Crippen molar-refractivity contribution in [1.82, 2.24) is 13.1 Å². The Balaban J connectivity index is 1.97. The summed E-state index contributed by atoms with van der Waals surface area (Å²) >= 11 is 8.54. The number of aromatic nitrogens is 2. The molecule has 1 N–H and O–H groups in total. The molecule has 0 atom stereocenters. The van der Waals surface area contributed by atoms with E-state index in [0.717, 1.165) is 27.9 Å². The minimum absolute atomic E-state index is 0.0663. The topological polar surface area (TPSA) is 46.9 Å². The molecule has 3 aromatic rings. The molecule has 0 spiro atoms. The van der Waals surface area contributed by atoms with Crippen LogP contribution in [0.4, 0.5) is 0 Å². The number of nitrogens with one attached hydrogen (secondary N) is 1. The van der Waals surface area contributed by atoms with Crippen molar-refractivity contribution in [3.63, 3.8) is 0 Å². The number of benzene rings is 1. The van der Waals surface area contributed by atoms with E-state index in [9.17, 15) is 4.79 Å².